The third-order valence-electron chi connectivity index (χ3n) is 2.80. The molecule has 0 amide bonds. The van der Waals surface area contributed by atoms with Gasteiger partial charge < -0.3 is 10.3 Å². The molecule has 14 heavy (non-hydrogen) atoms. The molecule has 3 heteroatoms. The summed E-state index contributed by atoms with van der Waals surface area (Å²) in [5.41, 5.74) is 2.52. The first-order chi connectivity index (χ1) is 6.83. The molecule has 1 aliphatic rings. The zero-order chi connectivity index (χ0) is 9.54. The Morgan fingerprint density at radius 3 is 2.86 bits per heavy atom. The molecule has 0 saturated carbocycles. The molecule has 0 spiro atoms. The zero-order valence-electron chi connectivity index (χ0n) is 7.68. The SMILES string of the molecule is Brc1ccc2cc(C3CCN3)[nH]c2c1. The lowest BCUT2D eigenvalue weighted by atomic mass is 10.0. The number of rotatable bonds is 1. The van der Waals surface area contributed by atoms with Gasteiger partial charge in [0.15, 0.2) is 0 Å². The lowest BCUT2D eigenvalue weighted by Crippen LogP contribution is -2.35. The number of nitrogens with one attached hydrogen (secondary N) is 2. The van der Waals surface area contributed by atoms with Gasteiger partial charge in [-0.15, -0.1) is 0 Å². The van der Waals surface area contributed by atoms with Crippen LogP contribution in [-0.2, 0) is 0 Å². The predicted molar refractivity (Wildman–Crippen MR) is 61.4 cm³/mol. The molecule has 1 aromatic heterocycles. The largest absolute Gasteiger partial charge is 0.357 e. The smallest absolute Gasteiger partial charge is 0.0485 e. The fourth-order valence-corrected chi connectivity index (χ4v) is 2.22. The molecule has 0 aliphatic carbocycles. The van der Waals surface area contributed by atoms with Crippen molar-refractivity contribution < 1.29 is 0 Å². The summed E-state index contributed by atoms with van der Waals surface area (Å²) in [6.45, 7) is 1.14. The highest BCUT2D eigenvalue weighted by Crippen LogP contribution is 2.27. The van der Waals surface area contributed by atoms with Crippen molar-refractivity contribution in [2.24, 2.45) is 0 Å². The van der Waals surface area contributed by atoms with Crippen LogP contribution < -0.4 is 5.32 Å². The Morgan fingerprint density at radius 2 is 2.14 bits per heavy atom. The van der Waals surface area contributed by atoms with E-state index in [1.807, 2.05) is 0 Å². The van der Waals surface area contributed by atoms with E-state index in [9.17, 15) is 0 Å². The maximum atomic E-state index is 3.47. The molecule has 72 valence electrons. The molecule has 1 aliphatic heterocycles. The standard InChI is InChI=1S/C11H11BrN2/c12-8-2-1-7-5-11(9-3-4-13-9)14-10(7)6-8/h1-2,5-6,9,13-14H,3-4H2. The van der Waals surface area contributed by atoms with Crippen molar-refractivity contribution >= 4 is 26.8 Å². The second kappa shape index (κ2) is 3.11. The summed E-state index contributed by atoms with van der Waals surface area (Å²) in [7, 11) is 0. The minimum Gasteiger partial charge on any atom is -0.357 e. The summed E-state index contributed by atoms with van der Waals surface area (Å²) >= 11 is 3.47. The molecule has 2 nitrogen and oxygen atoms in total. The third-order valence-corrected chi connectivity index (χ3v) is 3.30. The summed E-state index contributed by atoms with van der Waals surface area (Å²) in [6.07, 6.45) is 1.24. The van der Waals surface area contributed by atoms with E-state index in [1.165, 1.54) is 23.0 Å². The molecule has 1 fully saturated rings. The van der Waals surface area contributed by atoms with Crippen LogP contribution in [0.25, 0.3) is 10.9 Å². The van der Waals surface area contributed by atoms with Crippen LogP contribution in [0.3, 0.4) is 0 Å². The van der Waals surface area contributed by atoms with Crippen LogP contribution in [0.1, 0.15) is 18.2 Å². The average Bonchev–Trinajstić information content (AvgIpc) is 2.43. The molecule has 1 unspecified atom stereocenters. The summed E-state index contributed by atoms with van der Waals surface area (Å²) in [5.74, 6) is 0. The first-order valence-corrected chi connectivity index (χ1v) is 5.64. The van der Waals surface area contributed by atoms with E-state index in [1.54, 1.807) is 0 Å². The zero-order valence-corrected chi connectivity index (χ0v) is 9.26. The Bertz CT molecular complexity index is 471. The number of hydrogen-bond donors (Lipinski definition) is 2. The predicted octanol–water partition coefficient (Wildman–Crippen LogP) is 2.96. The first-order valence-electron chi connectivity index (χ1n) is 4.84. The highest BCUT2D eigenvalue weighted by molar-refractivity contribution is 9.10. The van der Waals surface area contributed by atoms with Crippen molar-refractivity contribution in [3.8, 4) is 0 Å². The molecule has 0 bridgehead atoms. The summed E-state index contributed by atoms with van der Waals surface area (Å²) in [5, 5.41) is 4.68. The van der Waals surface area contributed by atoms with E-state index in [0.29, 0.717) is 6.04 Å². The van der Waals surface area contributed by atoms with E-state index in [0.717, 1.165) is 11.0 Å². The molecule has 0 radical (unpaired) electrons. The Labute approximate surface area is 90.8 Å². The van der Waals surface area contributed by atoms with Gasteiger partial charge in [0.2, 0.25) is 0 Å². The van der Waals surface area contributed by atoms with Crippen LogP contribution in [0.4, 0.5) is 0 Å². The average molecular weight is 251 g/mol. The minimum absolute atomic E-state index is 0.543. The topological polar surface area (TPSA) is 27.8 Å². The van der Waals surface area contributed by atoms with Gasteiger partial charge in [-0.05, 0) is 36.6 Å². The van der Waals surface area contributed by atoms with Gasteiger partial charge in [-0.3, -0.25) is 0 Å². The Kier molecular flexibility index (Phi) is 1.89. The number of hydrogen-bond acceptors (Lipinski definition) is 1. The van der Waals surface area contributed by atoms with E-state index in [-0.39, 0.29) is 0 Å². The van der Waals surface area contributed by atoms with E-state index < -0.39 is 0 Å². The summed E-state index contributed by atoms with van der Waals surface area (Å²) in [4.78, 5) is 3.45. The van der Waals surface area contributed by atoms with Gasteiger partial charge in [-0.2, -0.15) is 0 Å². The van der Waals surface area contributed by atoms with E-state index >= 15 is 0 Å². The molecule has 2 aromatic rings. The second-order valence-electron chi connectivity index (χ2n) is 3.75. The lowest BCUT2D eigenvalue weighted by Gasteiger charge is -2.26. The van der Waals surface area contributed by atoms with E-state index in [4.69, 9.17) is 0 Å². The lowest BCUT2D eigenvalue weighted by molar-refractivity contribution is 0.377. The van der Waals surface area contributed by atoms with Gasteiger partial charge >= 0.3 is 0 Å². The molecule has 2 N–H and O–H groups in total. The van der Waals surface area contributed by atoms with Crippen LogP contribution in [0.5, 0.6) is 0 Å². The van der Waals surface area contributed by atoms with Gasteiger partial charge in [0, 0.05) is 21.7 Å². The number of H-pyrrole nitrogens is 1. The van der Waals surface area contributed by atoms with Crippen LogP contribution >= 0.6 is 15.9 Å². The maximum absolute atomic E-state index is 3.47. The number of halogens is 1. The Hall–Kier alpha value is -0.800. The number of aromatic amines is 1. The van der Waals surface area contributed by atoms with Gasteiger partial charge in [0.1, 0.15) is 0 Å². The fourth-order valence-electron chi connectivity index (χ4n) is 1.86. The van der Waals surface area contributed by atoms with Gasteiger partial charge in [0.05, 0.1) is 0 Å². The Balaban J connectivity index is 2.10. The first kappa shape index (κ1) is 8.50. The van der Waals surface area contributed by atoms with Crippen LogP contribution in [0, 0.1) is 0 Å². The molecule has 1 aromatic carbocycles. The fraction of sp³-hybridized carbons (Fsp3) is 0.273. The highest BCUT2D eigenvalue weighted by Gasteiger charge is 2.19. The molecule has 1 saturated heterocycles. The van der Waals surface area contributed by atoms with Crippen molar-refractivity contribution in [3.63, 3.8) is 0 Å². The van der Waals surface area contributed by atoms with Crippen LogP contribution in [-0.4, -0.2) is 11.5 Å². The number of benzene rings is 1. The van der Waals surface area contributed by atoms with Crippen molar-refractivity contribution in [3.05, 3.63) is 34.4 Å². The van der Waals surface area contributed by atoms with E-state index in [2.05, 4.69) is 50.5 Å². The number of fused-ring (bicyclic) bond motifs is 1. The Morgan fingerprint density at radius 1 is 1.29 bits per heavy atom. The minimum atomic E-state index is 0.543. The van der Waals surface area contributed by atoms with Gasteiger partial charge in [0.25, 0.3) is 0 Å². The van der Waals surface area contributed by atoms with Crippen LogP contribution in [0.15, 0.2) is 28.7 Å². The monoisotopic (exact) mass is 250 g/mol. The molecular weight excluding hydrogens is 240 g/mol. The molecule has 3 rings (SSSR count). The summed E-state index contributed by atoms with van der Waals surface area (Å²) in [6, 6.07) is 9.11. The van der Waals surface area contributed by atoms with Crippen LogP contribution in [0.2, 0.25) is 0 Å². The quantitative estimate of drug-likeness (QED) is 0.801. The highest BCUT2D eigenvalue weighted by atomic mass is 79.9. The second-order valence-corrected chi connectivity index (χ2v) is 4.67. The van der Waals surface area contributed by atoms with Crippen molar-refractivity contribution in [1.29, 1.82) is 0 Å². The molecule has 1 atom stereocenters. The van der Waals surface area contributed by atoms with Gasteiger partial charge in [-0.1, -0.05) is 22.0 Å². The van der Waals surface area contributed by atoms with Crippen molar-refractivity contribution in [2.45, 2.75) is 12.5 Å². The molecule has 2 heterocycles. The third kappa shape index (κ3) is 1.28. The van der Waals surface area contributed by atoms with Gasteiger partial charge in [-0.25, -0.2) is 0 Å². The van der Waals surface area contributed by atoms with Crippen molar-refractivity contribution in [2.75, 3.05) is 6.54 Å². The normalized spacial score (nSPS) is 21.1. The van der Waals surface area contributed by atoms with Crippen molar-refractivity contribution in [1.82, 2.24) is 10.3 Å². The maximum Gasteiger partial charge on any atom is 0.0485 e. The number of aromatic nitrogens is 1. The molecular formula is C11H11BrN2. The summed E-state index contributed by atoms with van der Waals surface area (Å²) < 4.78 is 1.12.